The first-order chi connectivity index (χ1) is 11.9. The van der Waals surface area contributed by atoms with Crippen molar-refractivity contribution in [3.63, 3.8) is 0 Å². The van der Waals surface area contributed by atoms with Gasteiger partial charge >= 0.3 is 11.9 Å². The summed E-state index contributed by atoms with van der Waals surface area (Å²) in [5.41, 5.74) is 2.79. The van der Waals surface area contributed by atoms with Crippen LogP contribution in [0.3, 0.4) is 0 Å². The molecule has 3 aromatic rings. The largest absolute Gasteiger partial charge is 0.465 e. The molecule has 0 spiro atoms. The summed E-state index contributed by atoms with van der Waals surface area (Å²) >= 11 is 2.18. The van der Waals surface area contributed by atoms with Gasteiger partial charge in [0.2, 0.25) is 0 Å². The van der Waals surface area contributed by atoms with Gasteiger partial charge < -0.3 is 13.9 Å². The van der Waals surface area contributed by atoms with Gasteiger partial charge in [-0.1, -0.05) is 29.8 Å². The van der Waals surface area contributed by atoms with Crippen molar-refractivity contribution in [1.29, 1.82) is 0 Å². The molecule has 0 aliphatic heterocycles. The normalized spacial score (nSPS) is 10.7. The Labute approximate surface area is 158 Å². The highest BCUT2D eigenvalue weighted by Crippen LogP contribution is 2.38. The number of furan rings is 1. The molecule has 0 atom stereocenters. The number of hydrogen-bond donors (Lipinski definition) is 0. The van der Waals surface area contributed by atoms with Crippen molar-refractivity contribution in [3.05, 3.63) is 51.1 Å². The van der Waals surface area contributed by atoms with Crippen LogP contribution in [0.25, 0.3) is 22.3 Å². The van der Waals surface area contributed by atoms with Crippen molar-refractivity contribution >= 4 is 45.5 Å². The van der Waals surface area contributed by atoms with Crippen molar-refractivity contribution in [2.45, 2.75) is 13.8 Å². The maximum Gasteiger partial charge on any atom is 0.341 e. The minimum atomic E-state index is -0.577. The van der Waals surface area contributed by atoms with Crippen LogP contribution in [0.5, 0.6) is 5.75 Å². The summed E-state index contributed by atoms with van der Waals surface area (Å²) in [5.74, 6) is -0.282. The third-order valence-electron chi connectivity index (χ3n) is 3.70. The molecule has 2 aromatic carbocycles. The molecule has 0 fully saturated rings. The van der Waals surface area contributed by atoms with Gasteiger partial charge in [-0.3, -0.25) is 4.79 Å². The lowest BCUT2D eigenvalue weighted by Crippen LogP contribution is -2.08. The molecule has 0 saturated carbocycles. The smallest absolute Gasteiger partial charge is 0.341 e. The van der Waals surface area contributed by atoms with E-state index < -0.39 is 11.9 Å². The summed E-state index contributed by atoms with van der Waals surface area (Å²) in [4.78, 5) is 23.4. The van der Waals surface area contributed by atoms with Gasteiger partial charge in [-0.05, 0) is 35.6 Å². The molecular weight excluding hydrogens is 435 g/mol. The first-order valence-electron chi connectivity index (χ1n) is 7.50. The van der Waals surface area contributed by atoms with Crippen LogP contribution in [-0.2, 0) is 9.53 Å². The summed E-state index contributed by atoms with van der Waals surface area (Å²) in [6.07, 6.45) is 0. The Morgan fingerprint density at radius 1 is 1.12 bits per heavy atom. The van der Waals surface area contributed by atoms with Crippen LogP contribution in [0.2, 0.25) is 0 Å². The van der Waals surface area contributed by atoms with Gasteiger partial charge in [0.25, 0.3) is 0 Å². The van der Waals surface area contributed by atoms with Crippen molar-refractivity contribution in [3.8, 4) is 17.1 Å². The van der Waals surface area contributed by atoms with E-state index in [9.17, 15) is 9.59 Å². The fourth-order valence-corrected chi connectivity index (χ4v) is 3.34. The van der Waals surface area contributed by atoms with E-state index in [2.05, 4.69) is 22.6 Å². The number of hydrogen-bond acceptors (Lipinski definition) is 5. The van der Waals surface area contributed by atoms with Crippen molar-refractivity contribution in [2.24, 2.45) is 0 Å². The van der Waals surface area contributed by atoms with Crippen molar-refractivity contribution in [2.75, 3.05) is 7.11 Å². The second-order valence-electron chi connectivity index (χ2n) is 5.54. The SMILES string of the molecule is COC(=O)c1cc2c(I)c(-c3ccc(C)cc3)oc2cc1OC(C)=O. The van der Waals surface area contributed by atoms with E-state index in [0.717, 1.165) is 20.1 Å². The Hall–Kier alpha value is -2.35. The molecule has 25 heavy (non-hydrogen) atoms. The molecule has 0 N–H and O–H groups in total. The van der Waals surface area contributed by atoms with E-state index in [1.54, 1.807) is 12.1 Å². The quantitative estimate of drug-likeness (QED) is 0.328. The summed E-state index contributed by atoms with van der Waals surface area (Å²) in [7, 11) is 1.28. The van der Waals surface area contributed by atoms with Crippen LogP contribution in [0.4, 0.5) is 0 Å². The van der Waals surface area contributed by atoms with Gasteiger partial charge in [-0.15, -0.1) is 0 Å². The minimum Gasteiger partial charge on any atom is -0.465 e. The third-order valence-corrected chi connectivity index (χ3v) is 4.77. The summed E-state index contributed by atoms with van der Waals surface area (Å²) < 4.78 is 16.8. The maximum atomic E-state index is 12.0. The Balaban J connectivity index is 2.21. The third kappa shape index (κ3) is 3.39. The number of fused-ring (bicyclic) bond motifs is 1. The second-order valence-corrected chi connectivity index (χ2v) is 6.62. The number of aryl methyl sites for hydroxylation is 1. The van der Waals surface area contributed by atoms with Crippen LogP contribution in [0, 0.1) is 10.5 Å². The van der Waals surface area contributed by atoms with Gasteiger partial charge in [0.15, 0.2) is 0 Å². The average Bonchev–Trinajstić information content (AvgIpc) is 2.90. The topological polar surface area (TPSA) is 65.7 Å². The molecular formula is C19H15IO5. The molecule has 1 heterocycles. The fraction of sp³-hybridized carbons (Fsp3) is 0.158. The molecule has 1 aromatic heterocycles. The first kappa shape index (κ1) is 17.5. The van der Waals surface area contributed by atoms with E-state index in [1.165, 1.54) is 14.0 Å². The van der Waals surface area contributed by atoms with Gasteiger partial charge in [0.05, 0.1) is 10.7 Å². The van der Waals surface area contributed by atoms with Crippen LogP contribution in [0.1, 0.15) is 22.8 Å². The zero-order valence-corrected chi connectivity index (χ0v) is 16.0. The molecule has 6 heteroatoms. The van der Waals surface area contributed by atoms with E-state index in [1.807, 2.05) is 31.2 Å². The molecule has 0 aliphatic carbocycles. The van der Waals surface area contributed by atoms with E-state index >= 15 is 0 Å². The lowest BCUT2D eigenvalue weighted by molar-refractivity contribution is -0.131. The lowest BCUT2D eigenvalue weighted by atomic mass is 10.1. The number of rotatable bonds is 3. The Bertz CT molecular complexity index is 970. The predicted molar refractivity (Wildman–Crippen MR) is 102 cm³/mol. The van der Waals surface area contributed by atoms with Gasteiger partial charge in [0, 0.05) is 23.9 Å². The zero-order chi connectivity index (χ0) is 18.1. The molecule has 0 saturated heterocycles. The Morgan fingerprint density at radius 2 is 1.80 bits per heavy atom. The number of esters is 2. The Kier molecular flexibility index (Phi) is 4.80. The molecule has 0 unspecified atom stereocenters. The number of carbonyl (C=O) groups excluding carboxylic acids is 2. The maximum absolute atomic E-state index is 12.0. The highest BCUT2D eigenvalue weighted by atomic mass is 127. The number of carbonyl (C=O) groups is 2. The van der Waals surface area contributed by atoms with Crippen LogP contribution < -0.4 is 4.74 Å². The monoisotopic (exact) mass is 450 g/mol. The number of ether oxygens (including phenoxy) is 2. The molecule has 0 radical (unpaired) electrons. The van der Waals surface area contributed by atoms with E-state index in [-0.39, 0.29) is 11.3 Å². The van der Waals surface area contributed by atoms with Gasteiger partial charge in [0.1, 0.15) is 22.7 Å². The summed E-state index contributed by atoms with van der Waals surface area (Å²) in [6, 6.07) is 11.1. The number of benzene rings is 2. The first-order valence-corrected chi connectivity index (χ1v) is 8.58. The highest BCUT2D eigenvalue weighted by molar-refractivity contribution is 14.1. The predicted octanol–water partition coefficient (Wildman–Crippen LogP) is 4.72. The average molecular weight is 450 g/mol. The molecule has 0 bridgehead atoms. The Morgan fingerprint density at radius 3 is 2.40 bits per heavy atom. The molecule has 0 amide bonds. The standard InChI is InChI=1S/C19H15IO5/c1-10-4-6-12(7-5-10)18-17(20)13-8-14(19(22)23-3)16(24-11(2)21)9-15(13)25-18/h4-9H,1-3H3. The molecule has 3 rings (SSSR count). The highest BCUT2D eigenvalue weighted by Gasteiger charge is 2.21. The zero-order valence-electron chi connectivity index (χ0n) is 13.9. The molecule has 0 aliphatic rings. The van der Waals surface area contributed by atoms with Crippen LogP contribution in [-0.4, -0.2) is 19.0 Å². The van der Waals surface area contributed by atoms with Crippen LogP contribution >= 0.6 is 22.6 Å². The molecule has 128 valence electrons. The minimum absolute atomic E-state index is 0.118. The number of halogens is 1. The fourth-order valence-electron chi connectivity index (χ4n) is 2.49. The van der Waals surface area contributed by atoms with Crippen molar-refractivity contribution < 1.29 is 23.5 Å². The van der Waals surface area contributed by atoms with E-state index in [4.69, 9.17) is 13.9 Å². The summed E-state index contributed by atoms with van der Waals surface area (Å²) in [6.45, 7) is 3.29. The van der Waals surface area contributed by atoms with E-state index in [0.29, 0.717) is 11.3 Å². The summed E-state index contributed by atoms with van der Waals surface area (Å²) in [5, 5.41) is 0.757. The van der Waals surface area contributed by atoms with Gasteiger partial charge in [-0.25, -0.2) is 4.79 Å². The van der Waals surface area contributed by atoms with Gasteiger partial charge in [-0.2, -0.15) is 0 Å². The lowest BCUT2D eigenvalue weighted by Gasteiger charge is -2.07. The van der Waals surface area contributed by atoms with Crippen molar-refractivity contribution in [1.82, 2.24) is 0 Å². The van der Waals surface area contributed by atoms with Crippen LogP contribution in [0.15, 0.2) is 40.8 Å². The second kappa shape index (κ2) is 6.87. The number of methoxy groups -OCH3 is 1. The molecule has 5 nitrogen and oxygen atoms in total.